The lowest BCUT2D eigenvalue weighted by molar-refractivity contribution is -0.156. The second kappa shape index (κ2) is 6.20. The number of carbonyl (C=O) groups excluding carboxylic acids is 1. The standard InChI is InChI=1S/C7H14O6S/c8-1-7(2-9,3-10)4-13-5(11)6(12)14/h6,8-10,12,14H,1-4H2. The number of esters is 1. The first-order valence-corrected chi connectivity index (χ1v) is 4.38. The summed E-state index contributed by atoms with van der Waals surface area (Å²) >= 11 is 3.40. The van der Waals surface area contributed by atoms with Crippen LogP contribution in [0.15, 0.2) is 0 Å². The Morgan fingerprint density at radius 1 is 1.29 bits per heavy atom. The molecule has 7 heteroatoms. The van der Waals surface area contributed by atoms with Gasteiger partial charge < -0.3 is 25.2 Å². The quantitative estimate of drug-likeness (QED) is 0.199. The van der Waals surface area contributed by atoms with Crippen LogP contribution in [-0.4, -0.2) is 58.3 Å². The first-order valence-electron chi connectivity index (χ1n) is 3.86. The molecule has 84 valence electrons. The lowest BCUT2D eigenvalue weighted by atomic mass is 9.93. The molecule has 0 radical (unpaired) electrons. The van der Waals surface area contributed by atoms with Crippen LogP contribution in [-0.2, 0) is 9.53 Å². The van der Waals surface area contributed by atoms with Crippen molar-refractivity contribution in [3.63, 3.8) is 0 Å². The second-order valence-electron chi connectivity index (χ2n) is 2.96. The van der Waals surface area contributed by atoms with Gasteiger partial charge in [0.15, 0.2) is 5.44 Å². The zero-order valence-electron chi connectivity index (χ0n) is 7.46. The molecule has 0 aromatic carbocycles. The first kappa shape index (κ1) is 13.7. The fourth-order valence-electron chi connectivity index (χ4n) is 0.586. The number of aliphatic hydroxyl groups excluding tert-OH is 4. The Morgan fingerprint density at radius 2 is 1.71 bits per heavy atom. The van der Waals surface area contributed by atoms with Crippen LogP contribution >= 0.6 is 12.6 Å². The largest absolute Gasteiger partial charge is 0.462 e. The number of aliphatic hydroxyl groups is 4. The molecule has 14 heavy (non-hydrogen) atoms. The van der Waals surface area contributed by atoms with Crippen molar-refractivity contribution in [3.8, 4) is 0 Å². The molecule has 0 aromatic rings. The molecule has 0 aliphatic carbocycles. The molecule has 6 nitrogen and oxygen atoms in total. The minimum absolute atomic E-state index is 0.382. The van der Waals surface area contributed by atoms with Crippen molar-refractivity contribution < 1.29 is 30.0 Å². The number of carbonyl (C=O) groups is 1. The van der Waals surface area contributed by atoms with Crippen molar-refractivity contribution in [2.75, 3.05) is 26.4 Å². The molecule has 0 spiro atoms. The summed E-state index contributed by atoms with van der Waals surface area (Å²) in [6.45, 7) is -1.98. The third-order valence-electron chi connectivity index (χ3n) is 1.74. The molecule has 0 saturated heterocycles. The van der Waals surface area contributed by atoms with Crippen LogP contribution in [0.1, 0.15) is 0 Å². The summed E-state index contributed by atoms with van der Waals surface area (Å²) in [5.41, 5.74) is -2.85. The molecule has 0 rings (SSSR count). The maximum atomic E-state index is 10.7. The molecular formula is C7H14O6S. The van der Waals surface area contributed by atoms with Gasteiger partial charge in [-0.05, 0) is 0 Å². The Morgan fingerprint density at radius 3 is 2.00 bits per heavy atom. The third kappa shape index (κ3) is 3.81. The highest BCUT2D eigenvalue weighted by Crippen LogP contribution is 2.15. The van der Waals surface area contributed by atoms with Crippen LogP contribution in [0.3, 0.4) is 0 Å². The van der Waals surface area contributed by atoms with Crippen LogP contribution in [0, 0.1) is 5.41 Å². The highest BCUT2D eigenvalue weighted by Gasteiger charge is 2.30. The Hall–Kier alpha value is -0.340. The first-order chi connectivity index (χ1) is 6.51. The van der Waals surface area contributed by atoms with E-state index in [0.717, 1.165) is 0 Å². The highest BCUT2D eigenvalue weighted by atomic mass is 32.1. The third-order valence-corrected chi connectivity index (χ3v) is 1.95. The average molecular weight is 226 g/mol. The average Bonchev–Trinajstić information content (AvgIpc) is 2.20. The highest BCUT2D eigenvalue weighted by molar-refractivity contribution is 7.81. The van der Waals surface area contributed by atoms with Crippen molar-refractivity contribution >= 4 is 18.6 Å². The van der Waals surface area contributed by atoms with Crippen molar-refractivity contribution in [1.29, 1.82) is 0 Å². The van der Waals surface area contributed by atoms with Crippen molar-refractivity contribution in [1.82, 2.24) is 0 Å². The van der Waals surface area contributed by atoms with Gasteiger partial charge in [0.1, 0.15) is 6.61 Å². The summed E-state index contributed by atoms with van der Waals surface area (Å²) in [7, 11) is 0. The molecule has 0 heterocycles. The maximum absolute atomic E-state index is 10.7. The van der Waals surface area contributed by atoms with Gasteiger partial charge in [0.05, 0.1) is 25.2 Å². The molecule has 0 bridgehead atoms. The van der Waals surface area contributed by atoms with Crippen LogP contribution in [0.5, 0.6) is 0 Å². The van der Waals surface area contributed by atoms with E-state index in [2.05, 4.69) is 17.4 Å². The van der Waals surface area contributed by atoms with Gasteiger partial charge in [0, 0.05) is 0 Å². The van der Waals surface area contributed by atoms with E-state index in [9.17, 15) is 4.79 Å². The van der Waals surface area contributed by atoms with E-state index in [4.69, 9.17) is 20.4 Å². The van der Waals surface area contributed by atoms with Crippen LogP contribution in [0.4, 0.5) is 0 Å². The maximum Gasteiger partial charge on any atom is 0.345 e. The van der Waals surface area contributed by atoms with Crippen LogP contribution in [0.25, 0.3) is 0 Å². The van der Waals surface area contributed by atoms with Gasteiger partial charge >= 0.3 is 5.97 Å². The summed E-state index contributed by atoms with van der Waals surface area (Å²) in [6.07, 6.45) is 0. The molecule has 0 fully saturated rings. The van der Waals surface area contributed by atoms with Gasteiger partial charge in [-0.15, -0.1) is 12.6 Å². The van der Waals surface area contributed by atoms with E-state index in [-0.39, 0.29) is 6.61 Å². The van der Waals surface area contributed by atoms with E-state index in [1.165, 1.54) is 0 Å². The van der Waals surface area contributed by atoms with Gasteiger partial charge in [-0.2, -0.15) is 0 Å². The lowest BCUT2D eigenvalue weighted by Crippen LogP contribution is -2.40. The van der Waals surface area contributed by atoms with Gasteiger partial charge in [0.25, 0.3) is 0 Å². The van der Waals surface area contributed by atoms with Crippen molar-refractivity contribution in [2.45, 2.75) is 5.44 Å². The molecule has 0 saturated carbocycles. The van der Waals surface area contributed by atoms with E-state index < -0.39 is 36.6 Å². The van der Waals surface area contributed by atoms with Gasteiger partial charge in [-0.25, -0.2) is 4.79 Å². The summed E-state index contributed by atoms with van der Waals surface area (Å²) in [6, 6.07) is 0. The summed E-state index contributed by atoms with van der Waals surface area (Å²) in [5.74, 6) is -0.993. The predicted molar refractivity (Wildman–Crippen MR) is 49.6 cm³/mol. The van der Waals surface area contributed by atoms with Crippen LogP contribution in [0.2, 0.25) is 0 Å². The van der Waals surface area contributed by atoms with Crippen molar-refractivity contribution in [3.05, 3.63) is 0 Å². The Kier molecular flexibility index (Phi) is 6.05. The minimum Gasteiger partial charge on any atom is -0.462 e. The lowest BCUT2D eigenvalue weighted by Gasteiger charge is -2.26. The summed E-state index contributed by atoms with van der Waals surface area (Å²) in [4.78, 5) is 10.7. The van der Waals surface area contributed by atoms with Crippen LogP contribution < -0.4 is 0 Å². The summed E-state index contributed by atoms with van der Waals surface area (Å²) < 4.78 is 4.50. The van der Waals surface area contributed by atoms with Gasteiger partial charge in [-0.3, -0.25) is 0 Å². The Bertz CT molecular complexity index is 171. The Balaban J connectivity index is 4.12. The van der Waals surface area contributed by atoms with E-state index in [1.807, 2.05) is 0 Å². The second-order valence-corrected chi connectivity index (χ2v) is 3.44. The van der Waals surface area contributed by atoms with Gasteiger partial charge in [-0.1, -0.05) is 0 Å². The smallest absolute Gasteiger partial charge is 0.345 e. The number of thiol groups is 1. The predicted octanol–water partition coefficient (Wildman–Crippen LogP) is -2.26. The van der Waals surface area contributed by atoms with E-state index in [1.54, 1.807) is 0 Å². The molecule has 1 atom stereocenters. The monoisotopic (exact) mass is 226 g/mol. The van der Waals surface area contributed by atoms with Crippen molar-refractivity contribution in [2.24, 2.45) is 5.41 Å². The zero-order valence-corrected chi connectivity index (χ0v) is 8.35. The topological polar surface area (TPSA) is 107 Å². The molecule has 4 N–H and O–H groups in total. The molecule has 0 aliphatic heterocycles. The normalized spacial score (nSPS) is 13.8. The molecular weight excluding hydrogens is 212 g/mol. The van der Waals surface area contributed by atoms with E-state index in [0.29, 0.717) is 0 Å². The number of rotatable bonds is 6. The zero-order chi connectivity index (χ0) is 11.2. The fourth-order valence-corrected chi connectivity index (χ4v) is 0.660. The molecule has 1 unspecified atom stereocenters. The van der Waals surface area contributed by atoms with E-state index >= 15 is 0 Å². The fraction of sp³-hybridized carbons (Fsp3) is 0.857. The number of ether oxygens (including phenoxy) is 1. The minimum atomic E-state index is -1.57. The number of hydrogen-bond acceptors (Lipinski definition) is 7. The van der Waals surface area contributed by atoms with Gasteiger partial charge in [0.2, 0.25) is 0 Å². The molecule has 0 aliphatic rings. The SMILES string of the molecule is O=C(OCC(CO)(CO)CO)C(O)S. The molecule has 0 aromatic heterocycles. The summed E-state index contributed by atoms with van der Waals surface area (Å²) in [5, 5.41) is 35.1. The molecule has 0 amide bonds. The number of hydrogen-bond donors (Lipinski definition) is 5. The Labute approximate surface area is 86.5 Å².